The molecule has 0 unspecified atom stereocenters. The molecule has 6 heteroatoms. The highest BCUT2D eigenvalue weighted by Crippen LogP contribution is 2.25. The van der Waals surface area contributed by atoms with Crippen molar-refractivity contribution >= 4 is 27.1 Å². The number of hydrogen-bond donors (Lipinski definition) is 1. The highest BCUT2D eigenvalue weighted by Gasteiger charge is 2.18. The molecule has 0 aliphatic carbocycles. The van der Waals surface area contributed by atoms with E-state index in [2.05, 4.69) is 19.2 Å². The van der Waals surface area contributed by atoms with Gasteiger partial charge in [-0.2, -0.15) is 0 Å². The zero-order chi connectivity index (χ0) is 17.2. The zero-order valence-electron chi connectivity index (χ0n) is 13.7. The molecule has 1 amide bonds. The van der Waals surface area contributed by atoms with Gasteiger partial charge in [0.1, 0.15) is 0 Å². The monoisotopic (exact) mass is 351 g/mol. The van der Waals surface area contributed by atoms with Crippen LogP contribution in [0.4, 0.5) is 0 Å². The molecule has 0 bridgehead atoms. The number of rotatable bonds is 5. The number of thiophene rings is 1. The van der Waals surface area contributed by atoms with E-state index in [0.717, 1.165) is 16.0 Å². The van der Waals surface area contributed by atoms with Crippen molar-refractivity contribution in [2.45, 2.75) is 37.6 Å². The molecule has 0 aliphatic heterocycles. The van der Waals surface area contributed by atoms with Gasteiger partial charge in [-0.1, -0.05) is 26.0 Å². The van der Waals surface area contributed by atoms with E-state index in [1.165, 1.54) is 17.6 Å². The molecule has 0 saturated carbocycles. The zero-order valence-corrected chi connectivity index (χ0v) is 15.3. The Hall–Kier alpha value is -1.66. The normalized spacial score (nSPS) is 13.1. The topological polar surface area (TPSA) is 63.2 Å². The van der Waals surface area contributed by atoms with E-state index >= 15 is 0 Å². The van der Waals surface area contributed by atoms with E-state index in [4.69, 9.17) is 0 Å². The second-order valence-corrected chi connectivity index (χ2v) is 8.83. The van der Waals surface area contributed by atoms with Gasteiger partial charge in [-0.25, -0.2) is 8.42 Å². The van der Waals surface area contributed by atoms with Crippen molar-refractivity contribution in [2.75, 3.05) is 6.26 Å². The van der Waals surface area contributed by atoms with E-state index in [-0.39, 0.29) is 16.8 Å². The Bertz CT molecular complexity index is 790. The number of nitrogens with one attached hydrogen (secondary N) is 1. The van der Waals surface area contributed by atoms with Crippen molar-refractivity contribution in [1.82, 2.24) is 5.32 Å². The summed E-state index contributed by atoms with van der Waals surface area (Å²) in [6.07, 6.45) is 1.18. The fourth-order valence-electron chi connectivity index (χ4n) is 2.31. The van der Waals surface area contributed by atoms with Crippen molar-refractivity contribution in [3.05, 3.63) is 51.7 Å². The molecule has 0 fully saturated rings. The molecule has 124 valence electrons. The van der Waals surface area contributed by atoms with Crippen LogP contribution in [0.3, 0.4) is 0 Å². The Morgan fingerprint density at radius 3 is 2.22 bits per heavy atom. The smallest absolute Gasteiger partial charge is 0.262 e. The first kappa shape index (κ1) is 17.7. The van der Waals surface area contributed by atoms with Gasteiger partial charge in [0.05, 0.1) is 15.8 Å². The first-order valence-corrected chi connectivity index (χ1v) is 10.2. The maximum atomic E-state index is 12.4. The molecule has 0 spiro atoms. The summed E-state index contributed by atoms with van der Waals surface area (Å²) >= 11 is 1.44. The minimum atomic E-state index is -3.20. The predicted octanol–water partition coefficient (Wildman–Crippen LogP) is 3.77. The number of carbonyl (C=O) groups is 1. The average molecular weight is 351 g/mol. The third-order valence-electron chi connectivity index (χ3n) is 3.68. The van der Waals surface area contributed by atoms with Crippen molar-refractivity contribution in [1.29, 1.82) is 0 Å². The lowest BCUT2D eigenvalue weighted by Gasteiger charge is -2.15. The van der Waals surface area contributed by atoms with Crippen LogP contribution < -0.4 is 5.32 Å². The highest BCUT2D eigenvalue weighted by atomic mass is 32.2. The van der Waals surface area contributed by atoms with Crippen LogP contribution in [0, 0.1) is 0 Å². The maximum absolute atomic E-state index is 12.4. The summed E-state index contributed by atoms with van der Waals surface area (Å²) in [6.45, 7) is 6.01. The second kappa shape index (κ2) is 6.84. The highest BCUT2D eigenvalue weighted by molar-refractivity contribution is 7.90. The van der Waals surface area contributed by atoms with Gasteiger partial charge in [-0.05, 0) is 47.5 Å². The summed E-state index contributed by atoms with van der Waals surface area (Å²) in [4.78, 5) is 13.5. The Balaban J connectivity index is 2.14. The third-order valence-corrected chi connectivity index (χ3v) is 5.74. The molecule has 0 aliphatic rings. The van der Waals surface area contributed by atoms with Crippen LogP contribution >= 0.6 is 11.3 Å². The van der Waals surface area contributed by atoms with Crippen LogP contribution in [-0.2, 0) is 9.84 Å². The van der Waals surface area contributed by atoms with Crippen LogP contribution in [0.5, 0.6) is 0 Å². The lowest BCUT2D eigenvalue weighted by Crippen LogP contribution is -2.26. The quantitative estimate of drug-likeness (QED) is 0.892. The predicted molar refractivity (Wildman–Crippen MR) is 93.8 cm³/mol. The van der Waals surface area contributed by atoms with Gasteiger partial charge in [-0.3, -0.25) is 4.79 Å². The van der Waals surface area contributed by atoms with Gasteiger partial charge in [-0.15, -0.1) is 11.3 Å². The van der Waals surface area contributed by atoms with E-state index in [0.29, 0.717) is 5.92 Å². The molecule has 1 aromatic heterocycles. The first-order chi connectivity index (χ1) is 10.7. The molecule has 1 heterocycles. The maximum Gasteiger partial charge on any atom is 0.262 e. The number of hydrogen-bond acceptors (Lipinski definition) is 4. The van der Waals surface area contributed by atoms with Crippen molar-refractivity contribution in [2.24, 2.45) is 0 Å². The molecule has 0 radical (unpaired) electrons. The number of amides is 1. The molecule has 1 atom stereocenters. The van der Waals surface area contributed by atoms with Gasteiger partial charge in [0.2, 0.25) is 0 Å². The molecule has 2 rings (SSSR count). The molecule has 0 saturated heterocycles. The summed E-state index contributed by atoms with van der Waals surface area (Å²) in [6, 6.07) is 8.39. The second-order valence-electron chi connectivity index (χ2n) is 5.90. The molecular weight excluding hydrogens is 330 g/mol. The third kappa shape index (κ3) is 4.20. The van der Waals surface area contributed by atoms with Gasteiger partial charge in [0.15, 0.2) is 9.84 Å². The van der Waals surface area contributed by atoms with Crippen LogP contribution in [-0.4, -0.2) is 20.6 Å². The Morgan fingerprint density at radius 1 is 1.09 bits per heavy atom. The molecule has 1 aromatic carbocycles. The summed E-state index contributed by atoms with van der Waals surface area (Å²) in [5.74, 6) is 0.203. The van der Waals surface area contributed by atoms with E-state index in [1.54, 1.807) is 24.3 Å². The van der Waals surface area contributed by atoms with Gasteiger partial charge in [0.25, 0.3) is 5.91 Å². The lowest BCUT2D eigenvalue weighted by molar-refractivity contribution is 0.0943. The number of sulfone groups is 1. The van der Waals surface area contributed by atoms with E-state index in [9.17, 15) is 13.2 Å². The van der Waals surface area contributed by atoms with Crippen molar-refractivity contribution in [3.8, 4) is 0 Å². The van der Waals surface area contributed by atoms with Crippen molar-refractivity contribution in [3.63, 3.8) is 0 Å². The molecule has 4 nitrogen and oxygen atoms in total. The minimum Gasteiger partial charge on any atom is -0.345 e. The van der Waals surface area contributed by atoms with Crippen LogP contribution in [0.25, 0.3) is 0 Å². The van der Waals surface area contributed by atoms with Crippen LogP contribution in [0.15, 0.2) is 40.6 Å². The van der Waals surface area contributed by atoms with Gasteiger partial charge < -0.3 is 5.32 Å². The minimum absolute atomic E-state index is 0.0941. The molecular formula is C17H21NO3S2. The summed E-state index contributed by atoms with van der Waals surface area (Å²) in [5.41, 5.74) is 1.92. The Morgan fingerprint density at radius 2 is 1.70 bits per heavy atom. The number of benzene rings is 1. The van der Waals surface area contributed by atoms with Gasteiger partial charge in [0, 0.05) is 6.26 Å². The molecule has 2 aromatic rings. The lowest BCUT2D eigenvalue weighted by atomic mass is 10.0. The largest absolute Gasteiger partial charge is 0.345 e. The van der Waals surface area contributed by atoms with Gasteiger partial charge >= 0.3 is 0 Å². The standard InChI is InChI=1S/C17H21NO3S2/c1-11(2)15-9-10-22-16(15)17(19)18-12(3)13-5-7-14(8-6-13)23(4,20)21/h5-12H,1-4H3,(H,18,19)/t12-/m0/s1. The number of carbonyl (C=O) groups excluding carboxylic acids is 1. The van der Waals surface area contributed by atoms with Crippen molar-refractivity contribution < 1.29 is 13.2 Å². The molecule has 1 N–H and O–H groups in total. The SMILES string of the molecule is CC(C)c1ccsc1C(=O)N[C@@H](C)c1ccc(S(C)(=O)=O)cc1. The fourth-order valence-corrected chi connectivity index (χ4v) is 3.89. The molecule has 23 heavy (non-hydrogen) atoms. The summed E-state index contributed by atoms with van der Waals surface area (Å²) < 4.78 is 23.0. The summed E-state index contributed by atoms with van der Waals surface area (Å²) in [7, 11) is -3.20. The summed E-state index contributed by atoms with van der Waals surface area (Å²) in [5, 5.41) is 4.90. The van der Waals surface area contributed by atoms with Crippen LogP contribution in [0.1, 0.15) is 53.5 Å². The first-order valence-electron chi connectivity index (χ1n) is 7.38. The van der Waals surface area contributed by atoms with E-state index in [1.807, 2.05) is 18.4 Å². The fraction of sp³-hybridized carbons (Fsp3) is 0.353. The Labute approximate surface area is 141 Å². The Kier molecular flexibility index (Phi) is 5.26. The van der Waals surface area contributed by atoms with E-state index < -0.39 is 9.84 Å². The van der Waals surface area contributed by atoms with Crippen LogP contribution in [0.2, 0.25) is 0 Å². The average Bonchev–Trinajstić information content (AvgIpc) is 2.96.